The Kier molecular flexibility index (Phi) is 6.62. The van der Waals surface area contributed by atoms with Crippen LogP contribution in [-0.2, 0) is 15.9 Å². The fourth-order valence-electron chi connectivity index (χ4n) is 7.53. The summed E-state index contributed by atoms with van der Waals surface area (Å²) >= 11 is 0. The molecule has 0 nitrogen and oxygen atoms in total. The quantitative estimate of drug-likeness (QED) is 0.232. The van der Waals surface area contributed by atoms with Gasteiger partial charge in [-0.25, -0.2) is 0 Å². The Bertz CT molecular complexity index is 1360. The number of rotatable bonds is 4. The van der Waals surface area contributed by atoms with Gasteiger partial charge >= 0.3 is 0 Å². The lowest BCUT2D eigenvalue weighted by Crippen LogP contribution is -2.56. The molecule has 0 amide bonds. The van der Waals surface area contributed by atoms with Crippen LogP contribution in [0.1, 0.15) is 86.1 Å². The van der Waals surface area contributed by atoms with E-state index in [0.717, 1.165) is 0 Å². The van der Waals surface area contributed by atoms with E-state index in [1.54, 1.807) is 10.4 Å². The molecule has 1 heterocycles. The van der Waals surface area contributed by atoms with Gasteiger partial charge in [0.15, 0.2) is 0 Å². The molecule has 0 bridgehead atoms. The smallest absolute Gasteiger partial charge is 0.0622 e. The van der Waals surface area contributed by atoms with Gasteiger partial charge in [-0.3, -0.25) is 0 Å². The Morgan fingerprint density at radius 1 is 0.513 bits per heavy atom. The van der Waals surface area contributed by atoms with Crippen molar-refractivity contribution in [1.29, 1.82) is 0 Å². The standard InChI is InChI=1S/C38H46Si/c1-26-21-32(36(5,6)7)22-27(2)34(26)39(35-28(3)23-33(24-29(35)4)37(8,9)10)25-38(39,30-17-13-11-14-18-30)31-19-15-12-16-20-31/h11-24H,25H2,1-10H3. The van der Waals surface area contributed by atoms with Crippen molar-refractivity contribution in [3.05, 3.63) is 129 Å². The van der Waals surface area contributed by atoms with Crippen molar-refractivity contribution < 1.29 is 0 Å². The first-order chi connectivity index (χ1) is 18.2. The highest BCUT2D eigenvalue weighted by atomic mass is 28.3. The van der Waals surface area contributed by atoms with Crippen LogP contribution in [0, 0.1) is 27.7 Å². The van der Waals surface area contributed by atoms with E-state index in [0.29, 0.717) is 0 Å². The number of benzene rings is 4. The van der Waals surface area contributed by atoms with Crippen molar-refractivity contribution in [3.63, 3.8) is 0 Å². The van der Waals surface area contributed by atoms with E-state index >= 15 is 0 Å². The van der Waals surface area contributed by atoms with Crippen molar-refractivity contribution in [2.45, 2.75) is 91.1 Å². The average molecular weight is 531 g/mol. The summed E-state index contributed by atoms with van der Waals surface area (Å²) in [7, 11) is -2.31. The lowest BCUT2D eigenvalue weighted by atomic mass is 9.85. The Balaban J connectivity index is 1.91. The molecule has 4 aromatic carbocycles. The molecule has 1 saturated heterocycles. The molecular formula is C38H46Si. The molecule has 0 spiro atoms. The van der Waals surface area contributed by atoms with Crippen molar-refractivity contribution in [2.24, 2.45) is 0 Å². The maximum Gasteiger partial charge on any atom is 0.134 e. The highest BCUT2D eigenvalue weighted by Gasteiger charge is 2.73. The Hall–Kier alpha value is -2.90. The predicted octanol–water partition coefficient (Wildman–Crippen LogP) is 8.62. The van der Waals surface area contributed by atoms with Gasteiger partial charge in [0, 0.05) is 5.04 Å². The number of hydrogen-bond donors (Lipinski definition) is 0. The molecule has 39 heavy (non-hydrogen) atoms. The van der Waals surface area contributed by atoms with E-state index in [4.69, 9.17) is 0 Å². The molecule has 0 saturated carbocycles. The number of hydrogen-bond acceptors (Lipinski definition) is 0. The second-order valence-electron chi connectivity index (χ2n) is 14.2. The zero-order valence-corrected chi connectivity index (χ0v) is 26.8. The van der Waals surface area contributed by atoms with Crippen LogP contribution in [0.2, 0.25) is 6.04 Å². The minimum atomic E-state index is -2.31. The molecule has 0 atom stereocenters. The van der Waals surface area contributed by atoms with E-state index in [1.807, 2.05) is 0 Å². The van der Waals surface area contributed by atoms with Crippen LogP contribution in [-0.4, -0.2) is 8.07 Å². The topological polar surface area (TPSA) is 0 Å². The van der Waals surface area contributed by atoms with Crippen molar-refractivity contribution in [3.8, 4) is 0 Å². The zero-order chi connectivity index (χ0) is 28.4. The van der Waals surface area contributed by atoms with E-state index in [2.05, 4.69) is 154 Å². The normalized spacial score (nSPS) is 16.3. The maximum absolute atomic E-state index is 2.50. The molecule has 0 unspecified atom stereocenters. The lowest BCUT2D eigenvalue weighted by Gasteiger charge is -2.34. The molecule has 1 aliphatic heterocycles. The van der Waals surface area contributed by atoms with Crippen LogP contribution in [0.15, 0.2) is 84.9 Å². The van der Waals surface area contributed by atoms with Gasteiger partial charge in [0.05, 0.1) is 0 Å². The summed E-state index contributed by atoms with van der Waals surface area (Å²) in [6, 6.07) is 34.1. The van der Waals surface area contributed by atoms with Gasteiger partial charge in [0.1, 0.15) is 8.07 Å². The van der Waals surface area contributed by atoms with Crippen LogP contribution in [0.25, 0.3) is 0 Å². The summed E-state index contributed by atoms with van der Waals surface area (Å²) in [5, 5.41) is 3.31. The summed E-state index contributed by atoms with van der Waals surface area (Å²) in [5.74, 6) is 0. The van der Waals surface area contributed by atoms with Gasteiger partial charge in [-0.05, 0) is 77.2 Å². The summed E-state index contributed by atoms with van der Waals surface area (Å²) in [6.45, 7) is 23.6. The van der Waals surface area contributed by atoms with Crippen LogP contribution in [0.4, 0.5) is 0 Å². The van der Waals surface area contributed by atoms with Gasteiger partial charge in [-0.15, -0.1) is 0 Å². The minimum Gasteiger partial charge on any atom is -0.0622 e. The van der Waals surface area contributed by atoms with Crippen molar-refractivity contribution in [1.82, 2.24) is 0 Å². The van der Waals surface area contributed by atoms with Crippen LogP contribution in [0.3, 0.4) is 0 Å². The van der Waals surface area contributed by atoms with Gasteiger partial charge in [0.2, 0.25) is 0 Å². The van der Waals surface area contributed by atoms with E-state index < -0.39 is 8.07 Å². The molecule has 0 N–H and O–H groups in total. The Labute approximate surface area is 238 Å². The highest BCUT2D eigenvalue weighted by molar-refractivity contribution is 7.14. The number of aryl methyl sites for hydroxylation is 4. The second kappa shape index (κ2) is 9.34. The minimum absolute atomic E-state index is 0.00700. The average Bonchev–Trinajstić information content (AvgIpc) is 3.54. The van der Waals surface area contributed by atoms with E-state index in [-0.39, 0.29) is 15.9 Å². The maximum atomic E-state index is 2.50. The van der Waals surface area contributed by atoms with Crippen molar-refractivity contribution in [2.75, 3.05) is 0 Å². The predicted molar refractivity (Wildman–Crippen MR) is 173 cm³/mol. The first-order valence-corrected chi connectivity index (χ1v) is 16.8. The monoisotopic (exact) mass is 530 g/mol. The molecule has 1 heteroatoms. The largest absolute Gasteiger partial charge is 0.134 e. The van der Waals surface area contributed by atoms with Crippen LogP contribution in [0.5, 0.6) is 0 Å². The lowest BCUT2D eigenvalue weighted by molar-refractivity contribution is 0.589. The first kappa shape index (κ1) is 27.7. The first-order valence-electron chi connectivity index (χ1n) is 14.6. The third kappa shape index (κ3) is 4.34. The fourth-order valence-corrected chi connectivity index (χ4v) is 14.9. The van der Waals surface area contributed by atoms with E-state index in [1.165, 1.54) is 50.6 Å². The van der Waals surface area contributed by atoms with E-state index in [9.17, 15) is 0 Å². The van der Waals surface area contributed by atoms with Crippen molar-refractivity contribution >= 4 is 18.4 Å². The Morgan fingerprint density at radius 3 is 1.10 bits per heavy atom. The molecule has 4 aromatic rings. The third-order valence-electron chi connectivity index (χ3n) is 9.32. The molecule has 202 valence electrons. The fraction of sp³-hybridized carbons (Fsp3) is 0.368. The second-order valence-corrected chi connectivity index (χ2v) is 18.2. The van der Waals surface area contributed by atoms with Gasteiger partial charge in [-0.2, -0.15) is 0 Å². The third-order valence-corrected chi connectivity index (χ3v) is 15.4. The summed E-state index contributed by atoms with van der Waals surface area (Å²) in [6.07, 6.45) is 0. The molecule has 0 radical (unpaired) electrons. The molecule has 1 aliphatic rings. The summed E-state index contributed by atoms with van der Waals surface area (Å²) < 4.78 is 0. The summed E-state index contributed by atoms with van der Waals surface area (Å²) in [5.41, 5.74) is 12.0. The Morgan fingerprint density at radius 2 is 0.821 bits per heavy atom. The van der Waals surface area contributed by atoms with Crippen LogP contribution >= 0.6 is 0 Å². The molecule has 5 rings (SSSR count). The molecule has 1 fully saturated rings. The zero-order valence-electron chi connectivity index (χ0n) is 25.8. The molecule has 0 aliphatic carbocycles. The molecule has 0 aromatic heterocycles. The van der Waals surface area contributed by atoms with Gasteiger partial charge in [-0.1, -0.05) is 149 Å². The molecular weight excluding hydrogens is 485 g/mol. The SMILES string of the molecule is Cc1cc(C(C)(C)C)cc(C)c1[Si]1(c2c(C)cc(C(C)(C)C)cc2C)CC1(c1ccccc1)c1ccccc1. The van der Waals surface area contributed by atoms with Crippen LogP contribution < -0.4 is 10.4 Å². The van der Waals surface area contributed by atoms with Gasteiger partial charge in [0.25, 0.3) is 0 Å². The van der Waals surface area contributed by atoms with Gasteiger partial charge < -0.3 is 0 Å². The highest BCUT2D eigenvalue weighted by Crippen LogP contribution is 2.61. The summed E-state index contributed by atoms with van der Waals surface area (Å²) in [4.78, 5) is 0.